The molecule has 3 rings (SSSR count). The van der Waals surface area contributed by atoms with Crippen molar-refractivity contribution in [3.05, 3.63) is 54.6 Å². The molecule has 0 atom stereocenters. The van der Waals surface area contributed by atoms with Crippen LogP contribution in [0.5, 0.6) is 11.5 Å². The minimum Gasteiger partial charge on any atom is -0.492 e. The highest BCUT2D eigenvalue weighted by Gasteiger charge is 2.32. The SMILES string of the molecule is CC(C)Oc1ccc(N(C)CCC2(O)CCN(CCOc3ccccc3)CC2)cc1.Cl.Cl. The zero-order valence-corrected chi connectivity index (χ0v) is 21.0. The molecule has 0 aliphatic carbocycles. The van der Waals surface area contributed by atoms with E-state index < -0.39 is 5.60 Å². The molecule has 1 aliphatic rings. The van der Waals surface area contributed by atoms with E-state index in [1.54, 1.807) is 0 Å². The molecule has 180 valence electrons. The van der Waals surface area contributed by atoms with Gasteiger partial charge < -0.3 is 19.5 Å². The smallest absolute Gasteiger partial charge is 0.119 e. The maximum atomic E-state index is 11.0. The van der Waals surface area contributed by atoms with Gasteiger partial charge in [0.1, 0.15) is 18.1 Å². The van der Waals surface area contributed by atoms with Gasteiger partial charge in [-0.2, -0.15) is 0 Å². The van der Waals surface area contributed by atoms with Gasteiger partial charge in [0, 0.05) is 38.9 Å². The van der Waals surface area contributed by atoms with Crippen LogP contribution >= 0.6 is 24.8 Å². The Morgan fingerprint density at radius 1 is 0.969 bits per heavy atom. The zero-order valence-electron chi connectivity index (χ0n) is 19.4. The number of ether oxygens (including phenoxy) is 2. The van der Waals surface area contributed by atoms with Gasteiger partial charge in [0.15, 0.2) is 0 Å². The first-order valence-electron chi connectivity index (χ1n) is 11.0. The lowest BCUT2D eigenvalue weighted by Gasteiger charge is -2.39. The lowest BCUT2D eigenvalue weighted by Crippen LogP contribution is -2.46. The first-order chi connectivity index (χ1) is 14.4. The Morgan fingerprint density at radius 2 is 1.59 bits per heavy atom. The van der Waals surface area contributed by atoms with E-state index in [9.17, 15) is 5.11 Å². The fourth-order valence-electron chi connectivity index (χ4n) is 3.81. The molecule has 0 spiro atoms. The fourth-order valence-corrected chi connectivity index (χ4v) is 3.81. The molecule has 5 nitrogen and oxygen atoms in total. The third-order valence-electron chi connectivity index (χ3n) is 5.77. The zero-order chi connectivity index (χ0) is 21.4. The number of rotatable bonds is 10. The van der Waals surface area contributed by atoms with Crippen molar-refractivity contribution in [2.24, 2.45) is 0 Å². The number of hydrogen-bond acceptors (Lipinski definition) is 5. The number of piperidine rings is 1. The van der Waals surface area contributed by atoms with Crippen LogP contribution < -0.4 is 14.4 Å². The molecule has 2 aromatic carbocycles. The largest absolute Gasteiger partial charge is 0.492 e. The molecule has 0 aromatic heterocycles. The number of nitrogens with zero attached hydrogens (tertiary/aromatic N) is 2. The van der Waals surface area contributed by atoms with E-state index in [2.05, 4.69) is 29.0 Å². The molecule has 2 aromatic rings. The van der Waals surface area contributed by atoms with E-state index in [0.29, 0.717) is 6.61 Å². The van der Waals surface area contributed by atoms with E-state index in [1.807, 2.05) is 56.3 Å². The first-order valence-corrected chi connectivity index (χ1v) is 11.0. The van der Waals surface area contributed by atoms with Crippen LogP contribution in [0.1, 0.15) is 33.1 Å². The Hall–Kier alpha value is -1.66. The molecular formula is C25H38Cl2N2O3. The first kappa shape index (κ1) is 28.4. The summed E-state index contributed by atoms with van der Waals surface area (Å²) in [7, 11) is 2.08. The van der Waals surface area contributed by atoms with E-state index in [4.69, 9.17) is 9.47 Å². The average molecular weight is 485 g/mol. The highest BCUT2D eigenvalue weighted by atomic mass is 35.5. The molecule has 1 saturated heterocycles. The monoisotopic (exact) mass is 484 g/mol. The van der Waals surface area contributed by atoms with Crippen LogP contribution in [0.4, 0.5) is 5.69 Å². The van der Waals surface area contributed by atoms with Gasteiger partial charge in [-0.1, -0.05) is 18.2 Å². The lowest BCUT2D eigenvalue weighted by molar-refractivity contribution is -0.0276. The number of hydrogen-bond donors (Lipinski definition) is 1. The second kappa shape index (κ2) is 13.8. The number of anilines is 1. The second-order valence-corrected chi connectivity index (χ2v) is 8.56. The summed E-state index contributed by atoms with van der Waals surface area (Å²) in [5.41, 5.74) is 0.566. The quantitative estimate of drug-likeness (QED) is 0.511. The van der Waals surface area contributed by atoms with Gasteiger partial charge in [-0.3, -0.25) is 4.90 Å². The molecule has 0 unspecified atom stereocenters. The molecule has 0 saturated carbocycles. The summed E-state index contributed by atoms with van der Waals surface area (Å²) in [5.74, 6) is 1.81. The summed E-state index contributed by atoms with van der Waals surface area (Å²) in [5, 5.41) is 11.0. The summed E-state index contributed by atoms with van der Waals surface area (Å²) < 4.78 is 11.5. The highest BCUT2D eigenvalue weighted by molar-refractivity contribution is 5.85. The molecule has 0 bridgehead atoms. The van der Waals surface area contributed by atoms with Crippen LogP contribution in [0.25, 0.3) is 0 Å². The lowest BCUT2D eigenvalue weighted by atomic mass is 9.88. The van der Waals surface area contributed by atoms with Crippen molar-refractivity contribution in [2.45, 2.75) is 44.8 Å². The van der Waals surface area contributed by atoms with E-state index in [1.165, 1.54) is 0 Å². The maximum Gasteiger partial charge on any atom is 0.119 e. The van der Waals surface area contributed by atoms with Crippen molar-refractivity contribution in [1.29, 1.82) is 0 Å². The Bertz CT molecular complexity index is 752. The number of likely N-dealkylation sites (tertiary alicyclic amines) is 1. The number of benzene rings is 2. The van der Waals surface area contributed by atoms with Crippen molar-refractivity contribution in [1.82, 2.24) is 4.90 Å². The average Bonchev–Trinajstić information content (AvgIpc) is 2.75. The van der Waals surface area contributed by atoms with Crippen molar-refractivity contribution in [3.63, 3.8) is 0 Å². The van der Waals surface area contributed by atoms with Crippen LogP contribution in [0, 0.1) is 0 Å². The number of aliphatic hydroxyl groups is 1. The summed E-state index contributed by atoms with van der Waals surface area (Å²) >= 11 is 0. The van der Waals surface area contributed by atoms with E-state index >= 15 is 0 Å². The minimum absolute atomic E-state index is 0. The summed E-state index contributed by atoms with van der Waals surface area (Å²) in [6, 6.07) is 18.1. The Morgan fingerprint density at radius 3 is 2.19 bits per heavy atom. The van der Waals surface area contributed by atoms with E-state index in [-0.39, 0.29) is 30.9 Å². The van der Waals surface area contributed by atoms with Crippen molar-refractivity contribution in [2.75, 3.05) is 44.7 Å². The molecule has 0 amide bonds. The summed E-state index contributed by atoms with van der Waals surface area (Å²) in [6.45, 7) is 8.30. The Kier molecular flexibility index (Phi) is 12.2. The van der Waals surface area contributed by atoms with Gasteiger partial charge in [-0.05, 0) is 69.5 Å². The standard InChI is InChI=1S/C25H36N2O3.2ClH/c1-21(2)30-24-11-9-22(10-12-24)26(3)16-13-25(28)14-17-27(18-15-25)19-20-29-23-7-5-4-6-8-23;;/h4-12,21,28H,13-20H2,1-3H3;2*1H. The normalized spacial score (nSPS) is 15.4. The molecule has 1 heterocycles. The molecular weight excluding hydrogens is 447 g/mol. The van der Waals surface area contributed by atoms with Crippen LogP contribution in [-0.4, -0.2) is 61.5 Å². The number of halogens is 2. The predicted molar refractivity (Wildman–Crippen MR) is 137 cm³/mol. The minimum atomic E-state index is -0.578. The van der Waals surface area contributed by atoms with Gasteiger partial charge in [0.05, 0.1) is 11.7 Å². The topological polar surface area (TPSA) is 45.2 Å². The highest BCUT2D eigenvalue weighted by Crippen LogP contribution is 2.27. The van der Waals surface area contributed by atoms with Gasteiger partial charge in [0.25, 0.3) is 0 Å². The maximum absolute atomic E-state index is 11.0. The third-order valence-corrected chi connectivity index (χ3v) is 5.77. The van der Waals surface area contributed by atoms with Gasteiger partial charge in [-0.25, -0.2) is 0 Å². The van der Waals surface area contributed by atoms with Crippen molar-refractivity contribution < 1.29 is 14.6 Å². The van der Waals surface area contributed by atoms with Crippen molar-refractivity contribution >= 4 is 30.5 Å². The van der Waals surface area contributed by atoms with Gasteiger partial charge in [-0.15, -0.1) is 24.8 Å². The van der Waals surface area contributed by atoms with Crippen LogP contribution in [0.3, 0.4) is 0 Å². The summed E-state index contributed by atoms with van der Waals surface area (Å²) in [6.07, 6.45) is 2.58. The van der Waals surface area contributed by atoms with Crippen LogP contribution in [0.2, 0.25) is 0 Å². The van der Waals surface area contributed by atoms with Crippen LogP contribution in [0.15, 0.2) is 54.6 Å². The molecule has 1 aliphatic heterocycles. The summed E-state index contributed by atoms with van der Waals surface area (Å²) in [4.78, 5) is 4.59. The molecule has 7 heteroatoms. The molecule has 32 heavy (non-hydrogen) atoms. The fraction of sp³-hybridized carbons (Fsp3) is 0.520. The van der Waals surface area contributed by atoms with Gasteiger partial charge in [0.2, 0.25) is 0 Å². The van der Waals surface area contributed by atoms with Gasteiger partial charge >= 0.3 is 0 Å². The number of para-hydroxylation sites is 1. The molecule has 1 N–H and O–H groups in total. The Labute approximate surface area is 205 Å². The second-order valence-electron chi connectivity index (χ2n) is 8.56. The van der Waals surface area contributed by atoms with E-state index in [0.717, 1.165) is 62.6 Å². The molecule has 0 radical (unpaired) electrons. The third kappa shape index (κ3) is 9.07. The van der Waals surface area contributed by atoms with Crippen molar-refractivity contribution in [3.8, 4) is 11.5 Å². The molecule has 1 fully saturated rings. The Balaban J connectivity index is 0.00000256. The predicted octanol–water partition coefficient (Wildman–Crippen LogP) is 5.05. The van der Waals surface area contributed by atoms with Crippen LogP contribution in [-0.2, 0) is 0 Å².